The van der Waals surface area contributed by atoms with Crippen LogP contribution in [0.1, 0.15) is 16.9 Å². The Morgan fingerprint density at radius 1 is 1.16 bits per heavy atom. The van der Waals surface area contributed by atoms with Gasteiger partial charge in [0.25, 0.3) is 0 Å². The average Bonchev–Trinajstić information content (AvgIpc) is 3.16. The van der Waals surface area contributed by atoms with E-state index in [1.165, 1.54) is 28.6 Å². The van der Waals surface area contributed by atoms with E-state index in [9.17, 15) is 8.42 Å². The maximum Gasteiger partial charge on any atom is 0.310 e. The quantitative estimate of drug-likeness (QED) is 0.362. The third kappa shape index (κ3) is 3.65. The molecule has 2 aromatic heterocycles. The van der Waals surface area contributed by atoms with Crippen molar-refractivity contribution in [2.75, 3.05) is 11.5 Å². The number of benzene rings is 1. The molecule has 130 valence electrons. The number of thiophene rings is 1. The minimum Gasteiger partial charge on any atom is -0.382 e. The number of hydrogen-bond acceptors (Lipinski definition) is 7. The lowest BCUT2D eigenvalue weighted by molar-refractivity contribution is 0.488. The van der Waals surface area contributed by atoms with Gasteiger partial charge in [-0.2, -0.15) is 8.42 Å². The highest BCUT2D eigenvalue weighted by Crippen LogP contribution is 2.39. The van der Waals surface area contributed by atoms with Crippen molar-refractivity contribution in [3.8, 4) is 5.75 Å². The van der Waals surface area contributed by atoms with Crippen molar-refractivity contribution >= 4 is 43.4 Å². The molecule has 4 rings (SSSR count). The van der Waals surface area contributed by atoms with E-state index in [0.29, 0.717) is 11.5 Å². The number of fused-ring (bicyclic) bond motifs is 3. The van der Waals surface area contributed by atoms with Gasteiger partial charge >= 0.3 is 10.1 Å². The van der Waals surface area contributed by atoms with E-state index < -0.39 is 10.1 Å². The highest BCUT2D eigenvalue weighted by molar-refractivity contribution is 8.00. The van der Waals surface area contributed by atoms with Gasteiger partial charge in [0, 0.05) is 16.0 Å². The standard InChI is InChI=1S/C17H16N2O3S3/c20-25(21,22-12-5-2-1-3-6-12)10-9-23-16-15-13-7-4-8-14(13)24-17(15)19-11-18-16/h1-3,5-6,11H,4,7-10H2. The van der Waals surface area contributed by atoms with Crippen molar-refractivity contribution in [2.45, 2.75) is 24.3 Å². The van der Waals surface area contributed by atoms with E-state index in [1.807, 2.05) is 6.07 Å². The summed E-state index contributed by atoms with van der Waals surface area (Å²) in [7, 11) is -3.62. The Kier molecular flexibility index (Phi) is 4.66. The summed E-state index contributed by atoms with van der Waals surface area (Å²) in [5.74, 6) is 0.670. The van der Waals surface area contributed by atoms with E-state index in [4.69, 9.17) is 4.18 Å². The van der Waals surface area contributed by atoms with E-state index >= 15 is 0 Å². The molecule has 5 nitrogen and oxygen atoms in total. The van der Waals surface area contributed by atoms with Crippen LogP contribution < -0.4 is 4.18 Å². The lowest BCUT2D eigenvalue weighted by Crippen LogP contribution is -2.15. The lowest BCUT2D eigenvalue weighted by atomic mass is 10.2. The number of nitrogens with zero attached hydrogens (tertiary/aromatic N) is 2. The van der Waals surface area contributed by atoms with Crippen LogP contribution in [-0.4, -0.2) is 29.9 Å². The molecule has 0 fully saturated rings. The molecule has 0 aliphatic heterocycles. The number of hydrogen-bond donors (Lipinski definition) is 0. The number of thioether (sulfide) groups is 1. The van der Waals surface area contributed by atoms with Crippen molar-refractivity contribution in [3.63, 3.8) is 0 Å². The van der Waals surface area contributed by atoms with Crippen molar-refractivity contribution in [2.24, 2.45) is 0 Å². The fourth-order valence-corrected chi connectivity index (χ4v) is 6.52. The van der Waals surface area contributed by atoms with Gasteiger partial charge in [-0.15, -0.1) is 23.1 Å². The van der Waals surface area contributed by atoms with Crippen LogP contribution >= 0.6 is 23.1 Å². The van der Waals surface area contributed by atoms with Gasteiger partial charge in [0.2, 0.25) is 0 Å². The fourth-order valence-electron chi connectivity index (χ4n) is 2.91. The van der Waals surface area contributed by atoms with E-state index in [-0.39, 0.29) is 5.75 Å². The van der Waals surface area contributed by atoms with Gasteiger partial charge in [0.15, 0.2) is 0 Å². The first-order chi connectivity index (χ1) is 12.1. The van der Waals surface area contributed by atoms with Crippen LogP contribution in [-0.2, 0) is 23.0 Å². The van der Waals surface area contributed by atoms with Crippen LogP contribution in [0.2, 0.25) is 0 Å². The van der Waals surface area contributed by atoms with Crippen LogP contribution in [0.4, 0.5) is 0 Å². The Bertz CT molecular complexity index is 1000. The summed E-state index contributed by atoms with van der Waals surface area (Å²) in [5, 5.41) is 1.99. The van der Waals surface area contributed by atoms with Crippen molar-refractivity contribution in [1.82, 2.24) is 9.97 Å². The summed E-state index contributed by atoms with van der Waals surface area (Å²) >= 11 is 3.19. The molecular formula is C17H16N2O3S3. The highest BCUT2D eigenvalue weighted by atomic mass is 32.2. The van der Waals surface area contributed by atoms with Gasteiger partial charge in [-0.3, -0.25) is 0 Å². The molecule has 0 unspecified atom stereocenters. The van der Waals surface area contributed by atoms with Crippen LogP contribution in [0.3, 0.4) is 0 Å². The normalized spacial score (nSPS) is 13.9. The predicted molar refractivity (Wildman–Crippen MR) is 101 cm³/mol. The molecule has 1 aliphatic rings. The second-order valence-electron chi connectivity index (χ2n) is 5.72. The van der Waals surface area contributed by atoms with Crippen LogP contribution in [0.15, 0.2) is 41.7 Å². The van der Waals surface area contributed by atoms with Crippen molar-refractivity contribution in [1.29, 1.82) is 0 Å². The van der Waals surface area contributed by atoms with E-state index in [0.717, 1.165) is 28.1 Å². The molecule has 0 saturated carbocycles. The minimum absolute atomic E-state index is 0.0651. The lowest BCUT2D eigenvalue weighted by Gasteiger charge is -2.07. The Balaban J connectivity index is 1.46. The van der Waals surface area contributed by atoms with Crippen LogP contribution in [0, 0.1) is 0 Å². The number of para-hydroxylation sites is 1. The zero-order chi connectivity index (χ0) is 17.3. The SMILES string of the molecule is O=S(=O)(CCSc1ncnc2sc3c(c12)CCC3)Oc1ccccc1. The van der Waals surface area contributed by atoms with E-state index in [1.54, 1.807) is 41.9 Å². The Labute approximate surface area is 154 Å². The molecule has 2 heterocycles. The first-order valence-corrected chi connectivity index (χ1v) is 11.4. The van der Waals surface area contributed by atoms with Crippen molar-refractivity contribution in [3.05, 3.63) is 47.1 Å². The Hall–Kier alpha value is -1.64. The molecule has 3 aromatic rings. The number of aromatic nitrogens is 2. The Morgan fingerprint density at radius 3 is 2.84 bits per heavy atom. The van der Waals surface area contributed by atoms with Crippen LogP contribution in [0.25, 0.3) is 10.2 Å². The number of rotatable bonds is 6. The molecule has 0 spiro atoms. The molecule has 0 saturated heterocycles. The molecular weight excluding hydrogens is 376 g/mol. The molecule has 0 N–H and O–H groups in total. The second-order valence-corrected chi connectivity index (χ2v) is 9.58. The van der Waals surface area contributed by atoms with Gasteiger partial charge in [0.1, 0.15) is 21.9 Å². The van der Waals surface area contributed by atoms with Gasteiger partial charge in [-0.25, -0.2) is 9.97 Å². The largest absolute Gasteiger partial charge is 0.382 e. The Morgan fingerprint density at radius 2 is 2.00 bits per heavy atom. The van der Waals surface area contributed by atoms with Gasteiger partial charge < -0.3 is 4.18 Å². The zero-order valence-electron chi connectivity index (χ0n) is 13.3. The first kappa shape index (κ1) is 16.8. The number of aryl methyl sites for hydroxylation is 2. The summed E-state index contributed by atoms with van der Waals surface area (Å²) in [6.45, 7) is 0. The van der Waals surface area contributed by atoms with E-state index in [2.05, 4.69) is 9.97 Å². The smallest absolute Gasteiger partial charge is 0.310 e. The summed E-state index contributed by atoms with van der Waals surface area (Å²) in [6, 6.07) is 8.57. The first-order valence-electron chi connectivity index (χ1n) is 7.98. The molecule has 1 aromatic carbocycles. The zero-order valence-corrected chi connectivity index (χ0v) is 15.8. The summed E-state index contributed by atoms with van der Waals surface area (Å²) in [6.07, 6.45) is 4.91. The predicted octanol–water partition coefficient (Wildman–Crippen LogP) is 3.68. The molecule has 8 heteroatoms. The van der Waals surface area contributed by atoms with Crippen molar-refractivity contribution < 1.29 is 12.6 Å². The van der Waals surface area contributed by atoms with Gasteiger partial charge in [-0.1, -0.05) is 18.2 Å². The molecule has 0 amide bonds. The third-order valence-corrected chi connectivity index (χ3v) is 7.61. The molecule has 25 heavy (non-hydrogen) atoms. The third-order valence-electron chi connectivity index (χ3n) is 4.01. The molecule has 0 atom stereocenters. The maximum atomic E-state index is 12.1. The van der Waals surface area contributed by atoms with Crippen LogP contribution in [0.5, 0.6) is 5.75 Å². The fraction of sp³-hybridized carbons (Fsp3) is 0.294. The highest BCUT2D eigenvalue weighted by Gasteiger charge is 2.22. The second kappa shape index (κ2) is 6.93. The molecule has 0 bridgehead atoms. The molecule has 1 aliphatic carbocycles. The monoisotopic (exact) mass is 392 g/mol. The maximum absolute atomic E-state index is 12.1. The molecule has 0 radical (unpaired) electrons. The van der Waals surface area contributed by atoms with Gasteiger partial charge in [0.05, 0.1) is 5.75 Å². The summed E-state index contributed by atoms with van der Waals surface area (Å²) in [4.78, 5) is 11.2. The minimum atomic E-state index is -3.62. The topological polar surface area (TPSA) is 69.2 Å². The average molecular weight is 393 g/mol. The van der Waals surface area contributed by atoms with Gasteiger partial charge in [-0.05, 0) is 37.0 Å². The summed E-state index contributed by atoms with van der Waals surface area (Å²) < 4.78 is 29.4. The summed E-state index contributed by atoms with van der Waals surface area (Å²) in [5.41, 5.74) is 1.35.